The van der Waals surface area contributed by atoms with E-state index in [1.165, 1.54) is 28.4 Å². The third kappa shape index (κ3) is 4.81. The molecular weight excluding hydrogens is 274 g/mol. The van der Waals surface area contributed by atoms with Gasteiger partial charge in [-0.15, -0.1) is 0 Å². The van der Waals surface area contributed by atoms with Crippen LogP contribution in [0.4, 0.5) is 0 Å². The largest absolute Gasteiger partial charge is 0.310 e. The van der Waals surface area contributed by atoms with Crippen molar-refractivity contribution in [1.29, 1.82) is 0 Å². The topological polar surface area (TPSA) is 12.0 Å². The molecule has 1 N–H and O–H groups in total. The lowest BCUT2D eigenvalue weighted by atomic mass is 9.94. The Labute approximate surface area is 114 Å². The van der Waals surface area contributed by atoms with Gasteiger partial charge in [-0.3, -0.25) is 0 Å². The van der Waals surface area contributed by atoms with Gasteiger partial charge in [0.15, 0.2) is 0 Å². The highest BCUT2D eigenvalue weighted by Gasteiger charge is 2.13. The van der Waals surface area contributed by atoms with Gasteiger partial charge in [-0.25, -0.2) is 0 Å². The average Bonchev–Trinajstić information content (AvgIpc) is 2.27. The Hall–Kier alpha value is -0.340. The van der Waals surface area contributed by atoms with Crippen LogP contribution in [0, 0.1) is 12.8 Å². The zero-order chi connectivity index (χ0) is 12.8. The quantitative estimate of drug-likeness (QED) is 0.792. The summed E-state index contributed by atoms with van der Waals surface area (Å²) in [5, 5.41) is 3.60. The van der Waals surface area contributed by atoms with Crippen LogP contribution in [0.1, 0.15) is 50.8 Å². The van der Waals surface area contributed by atoms with Gasteiger partial charge in [0.05, 0.1) is 0 Å². The summed E-state index contributed by atoms with van der Waals surface area (Å²) in [4.78, 5) is 0. The Morgan fingerprint density at radius 3 is 2.53 bits per heavy atom. The van der Waals surface area contributed by atoms with Gasteiger partial charge in [-0.05, 0) is 55.5 Å². The van der Waals surface area contributed by atoms with Crippen molar-refractivity contribution in [3.05, 3.63) is 33.8 Å². The summed E-state index contributed by atoms with van der Waals surface area (Å²) < 4.78 is 1.17. The van der Waals surface area contributed by atoms with Gasteiger partial charge in [0.1, 0.15) is 0 Å². The minimum Gasteiger partial charge on any atom is -0.310 e. The van der Waals surface area contributed by atoms with E-state index < -0.39 is 0 Å². The molecule has 96 valence electrons. The summed E-state index contributed by atoms with van der Waals surface area (Å²) in [6.45, 7) is 9.97. The van der Waals surface area contributed by atoms with Crippen molar-refractivity contribution in [1.82, 2.24) is 5.32 Å². The summed E-state index contributed by atoms with van der Waals surface area (Å²) in [6, 6.07) is 7.05. The number of rotatable bonds is 6. The van der Waals surface area contributed by atoms with Crippen molar-refractivity contribution < 1.29 is 0 Å². The second kappa shape index (κ2) is 7.17. The normalized spacial score (nSPS) is 13.1. The van der Waals surface area contributed by atoms with E-state index in [1.807, 2.05) is 0 Å². The van der Waals surface area contributed by atoms with Gasteiger partial charge in [0.2, 0.25) is 0 Å². The molecular formula is C15H24BrN. The van der Waals surface area contributed by atoms with Gasteiger partial charge in [-0.1, -0.05) is 42.8 Å². The first-order valence-electron chi connectivity index (χ1n) is 6.54. The van der Waals surface area contributed by atoms with Gasteiger partial charge in [0.25, 0.3) is 0 Å². The van der Waals surface area contributed by atoms with E-state index in [2.05, 4.69) is 67.1 Å². The number of hydrogen-bond donors (Lipinski definition) is 1. The lowest BCUT2D eigenvalue weighted by Crippen LogP contribution is -2.22. The maximum atomic E-state index is 3.60. The lowest BCUT2D eigenvalue weighted by molar-refractivity contribution is 0.447. The zero-order valence-electron chi connectivity index (χ0n) is 11.4. The van der Waals surface area contributed by atoms with E-state index in [0.717, 1.165) is 12.5 Å². The van der Waals surface area contributed by atoms with Crippen LogP contribution >= 0.6 is 15.9 Å². The van der Waals surface area contributed by atoms with Crippen LogP contribution < -0.4 is 5.32 Å². The fourth-order valence-corrected chi connectivity index (χ4v) is 2.48. The van der Waals surface area contributed by atoms with Crippen molar-refractivity contribution in [3.63, 3.8) is 0 Å². The Morgan fingerprint density at radius 2 is 1.94 bits per heavy atom. The second-order valence-electron chi connectivity index (χ2n) is 5.08. The Kier molecular flexibility index (Phi) is 6.21. The smallest absolute Gasteiger partial charge is 0.0323 e. The van der Waals surface area contributed by atoms with Crippen LogP contribution in [-0.4, -0.2) is 6.54 Å². The SMILES string of the molecule is CCNC(CCC(C)C)c1cc(Br)ccc1C. The molecule has 0 aliphatic carbocycles. The third-order valence-electron chi connectivity index (χ3n) is 3.10. The number of hydrogen-bond acceptors (Lipinski definition) is 1. The second-order valence-corrected chi connectivity index (χ2v) is 6.00. The first-order valence-corrected chi connectivity index (χ1v) is 7.33. The van der Waals surface area contributed by atoms with Crippen molar-refractivity contribution >= 4 is 15.9 Å². The molecule has 0 spiro atoms. The predicted molar refractivity (Wildman–Crippen MR) is 79.4 cm³/mol. The molecule has 0 saturated carbocycles. The first kappa shape index (κ1) is 14.7. The molecule has 0 amide bonds. The van der Waals surface area contributed by atoms with Crippen LogP contribution in [0.15, 0.2) is 22.7 Å². The summed E-state index contributed by atoms with van der Waals surface area (Å²) in [5.74, 6) is 0.767. The van der Waals surface area contributed by atoms with Crippen LogP contribution in [0.25, 0.3) is 0 Å². The molecule has 0 aliphatic heterocycles. The van der Waals surface area contributed by atoms with E-state index >= 15 is 0 Å². The first-order chi connectivity index (χ1) is 8.04. The number of halogens is 1. The monoisotopic (exact) mass is 297 g/mol. The summed E-state index contributed by atoms with van der Waals surface area (Å²) in [6.07, 6.45) is 2.48. The predicted octanol–water partition coefficient (Wildman–Crippen LogP) is 4.84. The fourth-order valence-electron chi connectivity index (χ4n) is 2.10. The Balaban J connectivity index is 2.84. The highest BCUT2D eigenvalue weighted by atomic mass is 79.9. The Morgan fingerprint density at radius 1 is 1.24 bits per heavy atom. The Bertz CT molecular complexity index is 347. The molecule has 1 aromatic carbocycles. The molecule has 2 heteroatoms. The van der Waals surface area contributed by atoms with Crippen molar-refractivity contribution in [2.75, 3.05) is 6.54 Å². The van der Waals surface area contributed by atoms with Gasteiger partial charge in [0, 0.05) is 10.5 Å². The molecule has 1 unspecified atom stereocenters. The van der Waals surface area contributed by atoms with E-state index in [0.29, 0.717) is 6.04 Å². The van der Waals surface area contributed by atoms with E-state index in [9.17, 15) is 0 Å². The summed E-state index contributed by atoms with van der Waals surface area (Å²) in [7, 11) is 0. The van der Waals surface area contributed by atoms with Crippen LogP contribution in [0.5, 0.6) is 0 Å². The molecule has 1 atom stereocenters. The van der Waals surface area contributed by atoms with Gasteiger partial charge < -0.3 is 5.32 Å². The fraction of sp³-hybridized carbons (Fsp3) is 0.600. The molecule has 0 aliphatic rings. The molecule has 0 radical (unpaired) electrons. The van der Waals surface area contributed by atoms with Crippen LogP contribution in [0.3, 0.4) is 0 Å². The van der Waals surface area contributed by atoms with Crippen LogP contribution in [-0.2, 0) is 0 Å². The summed E-state index contributed by atoms with van der Waals surface area (Å²) >= 11 is 3.57. The maximum absolute atomic E-state index is 3.60. The molecule has 0 aromatic heterocycles. The molecule has 17 heavy (non-hydrogen) atoms. The zero-order valence-corrected chi connectivity index (χ0v) is 13.0. The van der Waals surface area contributed by atoms with E-state index in [1.54, 1.807) is 0 Å². The molecule has 0 fully saturated rings. The standard InChI is InChI=1S/C15H24BrN/c1-5-17-15(9-6-11(2)3)14-10-13(16)8-7-12(14)4/h7-8,10-11,15,17H,5-6,9H2,1-4H3. The minimum absolute atomic E-state index is 0.486. The molecule has 0 bridgehead atoms. The lowest BCUT2D eigenvalue weighted by Gasteiger charge is -2.21. The molecule has 1 rings (SSSR count). The van der Waals surface area contributed by atoms with E-state index in [-0.39, 0.29) is 0 Å². The van der Waals surface area contributed by atoms with Crippen molar-refractivity contribution in [2.45, 2.75) is 46.6 Å². The maximum Gasteiger partial charge on any atom is 0.0323 e. The molecule has 0 heterocycles. The van der Waals surface area contributed by atoms with E-state index in [4.69, 9.17) is 0 Å². The van der Waals surface area contributed by atoms with Crippen molar-refractivity contribution in [3.8, 4) is 0 Å². The van der Waals surface area contributed by atoms with Crippen LogP contribution in [0.2, 0.25) is 0 Å². The number of benzene rings is 1. The average molecular weight is 298 g/mol. The third-order valence-corrected chi connectivity index (χ3v) is 3.59. The minimum atomic E-state index is 0.486. The highest BCUT2D eigenvalue weighted by molar-refractivity contribution is 9.10. The highest BCUT2D eigenvalue weighted by Crippen LogP contribution is 2.26. The molecule has 1 aromatic rings. The summed E-state index contributed by atoms with van der Waals surface area (Å²) in [5.41, 5.74) is 2.81. The number of nitrogens with one attached hydrogen (secondary N) is 1. The molecule has 1 nitrogen and oxygen atoms in total. The van der Waals surface area contributed by atoms with Gasteiger partial charge in [-0.2, -0.15) is 0 Å². The van der Waals surface area contributed by atoms with Crippen molar-refractivity contribution in [2.24, 2.45) is 5.92 Å². The van der Waals surface area contributed by atoms with Gasteiger partial charge >= 0.3 is 0 Å². The molecule has 0 saturated heterocycles. The number of aryl methyl sites for hydroxylation is 1.